The maximum absolute atomic E-state index is 10.9. The first-order valence-corrected chi connectivity index (χ1v) is 12.2. The van der Waals surface area contributed by atoms with Crippen LogP contribution in [0, 0.1) is 0 Å². The van der Waals surface area contributed by atoms with Gasteiger partial charge in [-0.3, -0.25) is 0 Å². The minimum atomic E-state index is -2.03. The standard InChI is InChI=1S/C26H22B6N6O/c1-15(36-21-9-19-8-17(4-5-18(19)11-35-21)20-12-33-14-37(20)3)16-6-7-34-22(10-16)38-23(2,27)25(30,39)13-24(28,29)26(38,31)32/h4-12,14,39H,1,13H2,2-3H3,(H,35,36). The molecule has 12 radical (unpaired) electrons. The highest BCUT2D eigenvalue weighted by molar-refractivity contribution is 6.56. The van der Waals surface area contributed by atoms with Crippen molar-refractivity contribution in [1.82, 2.24) is 19.5 Å². The summed E-state index contributed by atoms with van der Waals surface area (Å²) in [4.78, 5) is 14.3. The van der Waals surface area contributed by atoms with E-state index in [9.17, 15) is 5.11 Å². The Balaban J connectivity index is 1.46. The molecule has 1 aromatic carbocycles. The molecule has 3 aromatic heterocycles. The summed E-state index contributed by atoms with van der Waals surface area (Å²) < 4.78 is 1.96. The minimum absolute atomic E-state index is 0.196. The number of fused-ring (bicyclic) bond motifs is 1. The van der Waals surface area contributed by atoms with Crippen molar-refractivity contribution in [2.24, 2.45) is 7.05 Å². The maximum Gasteiger partial charge on any atom is 0.130 e. The molecule has 2 N–H and O–H groups in total. The summed E-state index contributed by atoms with van der Waals surface area (Å²) in [5.41, 5.74) is -0.534. The second-order valence-electron chi connectivity index (χ2n) is 10.5. The number of hydrogen-bond acceptors (Lipinski definition) is 6. The smallest absolute Gasteiger partial charge is 0.130 e. The molecule has 4 heterocycles. The van der Waals surface area contributed by atoms with E-state index < -0.39 is 21.5 Å². The van der Waals surface area contributed by atoms with Crippen molar-refractivity contribution in [2.75, 3.05) is 10.2 Å². The number of piperidine rings is 1. The molecular weight excluding hydrogens is 477 g/mol. The van der Waals surface area contributed by atoms with Crippen molar-refractivity contribution in [2.45, 2.75) is 34.8 Å². The molecule has 2 unspecified atom stereocenters. The lowest BCUT2D eigenvalue weighted by Gasteiger charge is -2.69. The van der Waals surface area contributed by atoms with Crippen LogP contribution in [0.2, 0.25) is 5.21 Å². The summed E-state index contributed by atoms with van der Waals surface area (Å²) in [5.74, 6) is 0.780. The average molecular weight is 499 g/mol. The van der Waals surface area contributed by atoms with E-state index in [0.29, 0.717) is 17.1 Å². The molecule has 1 aliphatic heterocycles. The zero-order valence-corrected chi connectivity index (χ0v) is 21.8. The highest BCUT2D eigenvalue weighted by atomic mass is 16.3. The molecule has 7 nitrogen and oxygen atoms in total. The largest absolute Gasteiger partial charge is 0.398 e. The van der Waals surface area contributed by atoms with E-state index in [0.717, 1.165) is 22.0 Å². The molecule has 2 atom stereocenters. The molecule has 1 saturated heterocycles. The summed E-state index contributed by atoms with van der Waals surface area (Å²) in [6, 6.07) is 11.4. The molecule has 1 fully saturated rings. The third kappa shape index (κ3) is 4.50. The normalized spacial score (nSPS) is 23.9. The number of nitrogens with zero attached hydrogens (tertiary/aromatic N) is 5. The molecule has 13 heteroatoms. The molecule has 180 valence electrons. The van der Waals surface area contributed by atoms with Gasteiger partial charge in [-0.15, -0.1) is 0 Å². The zero-order valence-electron chi connectivity index (χ0n) is 21.8. The number of benzene rings is 1. The Morgan fingerprint density at radius 3 is 2.44 bits per heavy atom. The molecular formula is C26H22B6N6O. The van der Waals surface area contributed by atoms with Crippen molar-refractivity contribution < 1.29 is 5.11 Å². The first-order chi connectivity index (χ1) is 18.1. The van der Waals surface area contributed by atoms with Crippen molar-refractivity contribution in [1.29, 1.82) is 0 Å². The maximum atomic E-state index is 10.9. The van der Waals surface area contributed by atoms with Gasteiger partial charge >= 0.3 is 0 Å². The van der Waals surface area contributed by atoms with Crippen LogP contribution in [-0.2, 0) is 7.05 Å². The molecule has 0 spiro atoms. The summed E-state index contributed by atoms with van der Waals surface area (Å²) in [5, 5.41) is 12.4. The van der Waals surface area contributed by atoms with Crippen LogP contribution in [0.25, 0.3) is 27.7 Å². The van der Waals surface area contributed by atoms with Crippen LogP contribution in [0.3, 0.4) is 0 Å². The summed E-state index contributed by atoms with van der Waals surface area (Å²) in [7, 11) is 39.7. The summed E-state index contributed by atoms with van der Waals surface area (Å²) in [6.07, 6.45) is 6.54. The van der Waals surface area contributed by atoms with Crippen LogP contribution in [0.5, 0.6) is 0 Å². The van der Waals surface area contributed by atoms with Gasteiger partial charge in [-0.05, 0) is 48.3 Å². The van der Waals surface area contributed by atoms with Crippen molar-refractivity contribution >= 4 is 75.2 Å². The summed E-state index contributed by atoms with van der Waals surface area (Å²) in [6.45, 7) is 5.64. The van der Waals surface area contributed by atoms with Crippen LogP contribution in [0.4, 0.5) is 11.6 Å². The SMILES string of the molecule is [B]C1([B])CC([B])(O)C([B])(C)N(c2cc(C(=C)Nc3cc4cc(-c5cncn5C)ccc4cn3)ccn2)C1([B])[B]. The molecule has 0 aliphatic carbocycles. The number of aliphatic hydroxyl groups is 1. The number of hydrogen-bond donors (Lipinski definition) is 2. The number of pyridine rings is 2. The third-order valence-electron chi connectivity index (χ3n) is 7.45. The van der Waals surface area contributed by atoms with E-state index in [-0.39, 0.29) is 12.2 Å². The van der Waals surface area contributed by atoms with E-state index in [2.05, 4.69) is 32.9 Å². The molecule has 0 amide bonds. The number of nitrogens with one attached hydrogen (secondary N) is 1. The average Bonchev–Trinajstić information content (AvgIpc) is 3.28. The van der Waals surface area contributed by atoms with Gasteiger partial charge in [-0.25, -0.2) is 15.0 Å². The Morgan fingerprint density at radius 1 is 1.00 bits per heavy atom. The predicted molar refractivity (Wildman–Crippen MR) is 161 cm³/mol. The second kappa shape index (κ2) is 9.12. The fraction of sp³-hybridized carbons (Fsp3) is 0.269. The van der Waals surface area contributed by atoms with Gasteiger partial charge in [-0.2, -0.15) is 0 Å². The van der Waals surface area contributed by atoms with E-state index in [4.69, 9.17) is 47.1 Å². The van der Waals surface area contributed by atoms with Gasteiger partial charge in [0.25, 0.3) is 0 Å². The molecule has 39 heavy (non-hydrogen) atoms. The Bertz CT molecular complexity index is 1560. The lowest BCUT2D eigenvalue weighted by molar-refractivity contribution is 0.0434. The number of aromatic nitrogens is 4. The van der Waals surface area contributed by atoms with Gasteiger partial charge in [0.2, 0.25) is 0 Å². The minimum Gasteiger partial charge on any atom is -0.398 e. The molecule has 0 saturated carbocycles. The molecule has 4 aromatic rings. The van der Waals surface area contributed by atoms with Gasteiger partial charge in [0, 0.05) is 52.6 Å². The van der Waals surface area contributed by atoms with Crippen LogP contribution in [0.1, 0.15) is 18.9 Å². The van der Waals surface area contributed by atoms with Gasteiger partial charge in [-0.1, -0.05) is 23.9 Å². The van der Waals surface area contributed by atoms with Crippen LogP contribution < -0.4 is 10.2 Å². The van der Waals surface area contributed by atoms with Gasteiger partial charge < -0.3 is 19.9 Å². The lowest BCUT2D eigenvalue weighted by Crippen LogP contribution is -2.79. The van der Waals surface area contributed by atoms with Crippen molar-refractivity contribution in [3.05, 3.63) is 73.5 Å². The van der Waals surface area contributed by atoms with Crippen LogP contribution in [-0.4, -0.2) is 88.0 Å². The van der Waals surface area contributed by atoms with Gasteiger partial charge in [0.1, 0.15) is 27.3 Å². The Kier molecular flexibility index (Phi) is 6.37. The van der Waals surface area contributed by atoms with Crippen LogP contribution in [0.15, 0.2) is 67.9 Å². The van der Waals surface area contributed by atoms with Crippen molar-refractivity contribution in [3.8, 4) is 11.3 Å². The third-order valence-corrected chi connectivity index (χ3v) is 7.45. The van der Waals surface area contributed by atoms with E-state index in [1.54, 1.807) is 24.7 Å². The van der Waals surface area contributed by atoms with Crippen LogP contribution >= 0.6 is 0 Å². The quantitative estimate of drug-likeness (QED) is 0.406. The fourth-order valence-corrected chi connectivity index (χ4v) is 4.94. The number of aryl methyl sites for hydroxylation is 1. The Hall–Kier alpha value is -3.32. The Morgan fingerprint density at radius 2 is 1.74 bits per heavy atom. The number of rotatable bonds is 5. The first-order valence-electron chi connectivity index (χ1n) is 12.2. The predicted octanol–water partition coefficient (Wildman–Crippen LogP) is 1.51. The van der Waals surface area contributed by atoms with Gasteiger partial charge in [0.15, 0.2) is 0 Å². The monoisotopic (exact) mass is 500 g/mol. The van der Waals surface area contributed by atoms with E-state index in [1.807, 2.05) is 36.0 Å². The summed E-state index contributed by atoms with van der Waals surface area (Å²) >= 11 is 0. The first kappa shape index (κ1) is 27.3. The highest BCUT2D eigenvalue weighted by Crippen LogP contribution is 2.52. The van der Waals surface area contributed by atoms with Gasteiger partial charge in [0.05, 0.1) is 49.6 Å². The van der Waals surface area contributed by atoms with E-state index in [1.165, 1.54) is 18.0 Å². The van der Waals surface area contributed by atoms with E-state index >= 15 is 0 Å². The Labute approximate surface area is 236 Å². The fourth-order valence-electron chi connectivity index (χ4n) is 4.94. The molecule has 0 bridgehead atoms. The highest BCUT2D eigenvalue weighted by Gasteiger charge is 2.58. The van der Waals surface area contributed by atoms with Crippen molar-refractivity contribution in [3.63, 3.8) is 0 Å². The topological polar surface area (TPSA) is 79.1 Å². The molecule has 5 rings (SSSR count). The number of anilines is 2. The lowest BCUT2D eigenvalue weighted by atomic mass is 9.26. The zero-order chi connectivity index (χ0) is 28.4. The number of imidazole rings is 1. The second-order valence-corrected chi connectivity index (χ2v) is 10.5. The molecule has 1 aliphatic rings.